The summed E-state index contributed by atoms with van der Waals surface area (Å²) in [5.74, 6) is 7.90. The van der Waals surface area contributed by atoms with E-state index in [4.69, 9.17) is 5.84 Å². The van der Waals surface area contributed by atoms with E-state index >= 15 is 0 Å². The van der Waals surface area contributed by atoms with Crippen molar-refractivity contribution in [2.24, 2.45) is 5.84 Å². The van der Waals surface area contributed by atoms with E-state index < -0.39 is 0 Å². The fourth-order valence-corrected chi connectivity index (χ4v) is 3.66. The number of hydrogen-bond donors (Lipinski definition) is 2. The summed E-state index contributed by atoms with van der Waals surface area (Å²) in [6.45, 7) is 7.35. The molecule has 0 aliphatic rings. The van der Waals surface area contributed by atoms with Gasteiger partial charge in [0.2, 0.25) is 0 Å². The molecule has 1 unspecified atom stereocenters. The second-order valence-electron chi connectivity index (χ2n) is 4.52. The first kappa shape index (κ1) is 17.0. The van der Waals surface area contributed by atoms with Gasteiger partial charge in [-0.15, -0.1) is 0 Å². The minimum absolute atomic E-state index is 0.291. The Morgan fingerprint density at radius 1 is 1.42 bits per heavy atom. The van der Waals surface area contributed by atoms with Crippen LogP contribution in [0.3, 0.4) is 0 Å². The Kier molecular flexibility index (Phi) is 8.06. The molecule has 0 saturated carbocycles. The second kappa shape index (κ2) is 9.00. The predicted octanol–water partition coefficient (Wildman–Crippen LogP) is 2.75. The lowest BCUT2D eigenvalue weighted by Gasteiger charge is -2.16. The van der Waals surface area contributed by atoms with Gasteiger partial charge >= 0.3 is 0 Å². The van der Waals surface area contributed by atoms with Crippen molar-refractivity contribution in [3.63, 3.8) is 0 Å². The van der Waals surface area contributed by atoms with Crippen molar-refractivity contribution in [2.75, 3.05) is 11.5 Å². The topological polar surface area (TPSA) is 55.9 Å². The van der Waals surface area contributed by atoms with Gasteiger partial charge in [0.15, 0.2) is 0 Å². The molecule has 1 atom stereocenters. The number of hydrogen-bond acceptors (Lipinski definition) is 4. The monoisotopic (exact) mass is 348 g/mol. The molecule has 0 bridgehead atoms. The number of nitrogens with two attached hydrogens (primary N) is 1. The average molecular weight is 349 g/mol. The molecule has 1 aromatic heterocycles. The first-order valence-electron chi connectivity index (χ1n) is 6.95. The van der Waals surface area contributed by atoms with Crippen LogP contribution in [0.2, 0.25) is 0 Å². The van der Waals surface area contributed by atoms with E-state index in [-0.39, 0.29) is 0 Å². The van der Waals surface area contributed by atoms with Crippen LogP contribution in [0.5, 0.6) is 0 Å². The van der Waals surface area contributed by atoms with Crippen LogP contribution in [0.15, 0.2) is 4.47 Å². The summed E-state index contributed by atoms with van der Waals surface area (Å²) in [6.07, 6.45) is 3.07. The highest BCUT2D eigenvalue weighted by Crippen LogP contribution is 2.24. The number of nitrogens with one attached hydrogen (secondary N) is 1. The number of halogens is 1. The van der Waals surface area contributed by atoms with Crippen LogP contribution >= 0.6 is 27.7 Å². The lowest BCUT2D eigenvalue weighted by molar-refractivity contribution is 0.533. The molecule has 1 heterocycles. The number of rotatable bonds is 9. The Bertz CT molecular complexity index is 381. The number of aromatic nitrogens is 2. The van der Waals surface area contributed by atoms with Crippen molar-refractivity contribution in [3.05, 3.63) is 15.9 Å². The largest absolute Gasteiger partial charge is 0.271 e. The van der Waals surface area contributed by atoms with Gasteiger partial charge in [-0.3, -0.25) is 16.0 Å². The highest BCUT2D eigenvalue weighted by molar-refractivity contribution is 9.10. The molecule has 4 nitrogen and oxygen atoms in total. The second-order valence-corrected chi connectivity index (χ2v) is 6.46. The summed E-state index contributed by atoms with van der Waals surface area (Å²) in [4.78, 5) is 0. The Morgan fingerprint density at radius 3 is 2.68 bits per heavy atom. The molecule has 0 aliphatic heterocycles. The molecule has 6 heteroatoms. The molecule has 0 aliphatic carbocycles. The van der Waals surface area contributed by atoms with E-state index in [1.54, 1.807) is 0 Å². The molecule has 1 aromatic rings. The summed E-state index contributed by atoms with van der Waals surface area (Å²) < 4.78 is 3.23. The van der Waals surface area contributed by atoms with Crippen LogP contribution in [0.1, 0.15) is 38.6 Å². The minimum Gasteiger partial charge on any atom is -0.271 e. The first-order chi connectivity index (χ1) is 9.17. The standard InChI is InChI=1S/C13H25BrN4S/c1-4-7-19-9-10(16-15)8-12-13(14)11(5-2)17-18(12)6-3/h10,16H,4-9,15H2,1-3H3. The van der Waals surface area contributed by atoms with E-state index in [0.717, 1.165) is 35.3 Å². The molecule has 3 N–H and O–H groups in total. The summed E-state index contributed by atoms with van der Waals surface area (Å²) in [5.41, 5.74) is 5.32. The van der Waals surface area contributed by atoms with Crippen LogP contribution in [0, 0.1) is 0 Å². The Hall–Kier alpha value is -0.0400. The van der Waals surface area contributed by atoms with E-state index in [1.165, 1.54) is 17.9 Å². The number of nitrogens with zero attached hydrogens (tertiary/aromatic N) is 2. The smallest absolute Gasteiger partial charge is 0.0766 e. The van der Waals surface area contributed by atoms with Crippen molar-refractivity contribution in [1.29, 1.82) is 0 Å². The quantitative estimate of drug-likeness (QED) is 0.409. The third kappa shape index (κ3) is 4.77. The molecule has 110 valence electrons. The summed E-state index contributed by atoms with van der Waals surface area (Å²) in [5, 5.41) is 4.62. The van der Waals surface area contributed by atoms with Gasteiger partial charge in [-0.1, -0.05) is 13.8 Å². The van der Waals surface area contributed by atoms with Crippen LogP contribution in [0.4, 0.5) is 0 Å². The Morgan fingerprint density at radius 2 is 2.16 bits per heavy atom. The molecule has 0 saturated heterocycles. The van der Waals surface area contributed by atoms with Gasteiger partial charge in [-0.25, -0.2) is 0 Å². The van der Waals surface area contributed by atoms with Gasteiger partial charge in [-0.05, 0) is 41.4 Å². The van der Waals surface area contributed by atoms with Crippen LogP contribution < -0.4 is 11.3 Å². The highest BCUT2D eigenvalue weighted by atomic mass is 79.9. The maximum atomic E-state index is 5.68. The molecule has 0 amide bonds. The predicted molar refractivity (Wildman–Crippen MR) is 87.4 cm³/mol. The normalized spacial score (nSPS) is 12.9. The lowest BCUT2D eigenvalue weighted by Crippen LogP contribution is -2.39. The van der Waals surface area contributed by atoms with Crippen molar-refractivity contribution in [2.45, 2.75) is 52.6 Å². The van der Waals surface area contributed by atoms with Gasteiger partial charge in [0.05, 0.1) is 15.9 Å². The third-order valence-corrected chi connectivity index (χ3v) is 5.29. The molecule has 0 spiro atoms. The summed E-state index contributed by atoms with van der Waals surface area (Å²) in [6, 6.07) is 0.291. The zero-order valence-electron chi connectivity index (χ0n) is 12.1. The van der Waals surface area contributed by atoms with Gasteiger partial charge in [0.25, 0.3) is 0 Å². The number of aryl methyl sites for hydroxylation is 2. The first-order valence-corrected chi connectivity index (χ1v) is 8.90. The maximum Gasteiger partial charge on any atom is 0.0766 e. The maximum absolute atomic E-state index is 5.68. The minimum atomic E-state index is 0.291. The average Bonchev–Trinajstić information content (AvgIpc) is 2.74. The Labute approximate surface area is 129 Å². The number of hydrazine groups is 1. The highest BCUT2D eigenvalue weighted by Gasteiger charge is 2.17. The molecule has 0 fully saturated rings. The van der Waals surface area contributed by atoms with Gasteiger partial charge in [0, 0.05) is 24.8 Å². The Balaban J connectivity index is 2.75. The van der Waals surface area contributed by atoms with Crippen molar-refractivity contribution < 1.29 is 0 Å². The van der Waals surface area contributed by atoms with Crippen LogP contribution in [-0.4, -0.2) is 27.3 Å². The fourth-order valence-electron chi connectivity index (χ4n) is 1.98. The molecule has 0 radical (unpaired) electrons. The van der Waals surface area contributed by atoms with Crippen molar-refractivity contribution in [3.8, 4) is 0 Å². The lowest BCUT2D eigenvalue weighted by atomic mass is 10.1. The summed E-state index contributed by atoms with van der Waals surface area (Å²) >= 11 is 5.63. The third-order valence-electron chi connectivity index (χ3n) is 3.04. The van der Waals surface area contributed by atoms with Crippen LogP contribution in [-0.2, 0) is 19.4 Å². The SMILES string of the molecule is CCCSCC(Cc1c(Br)c(CC)nn1CC)NN. The summed E-state index contributed by atoms with van der Waals surface area (Å²) in [7, 11) is 0. The zero-order chi connectivity index (χ0) is 14.3. The van der Waals surface area contributed by atoms with Gasteiger partial charge in [0.1, 0.15) is 0 Å². The molecule has 1 rings (SSSR count). The molecule has 19 heavy (non-hydrogen) atoms. The molecular formula is C13H25BrN4S. The van der Waals surface area contributed by atoms with Crippen molar-refractivity contribution >= 4 is 27.7 Å². The zero-order valence-corrected chi connectivity index (χ0v) is 14.5. The molecular weight excluding hydrogens is 324 g/mol. The van der Waals surface area contributed by atoms with E-state index in [2.05, 4.69) is 51.9 Å². The molecule has 0 aromatic carbocycles. The van der Waals surface area contributed by atoms with Crippen LogP contribution in [0.25, 0.3) is 0 Å². The number of thioether (sulfide) groups is 1. The van der Waals surface area contributed by atoms with Gasteiger partial charge < -0.3 is 0 Å². The van der Waals surface area contributed by atoms with E-state index in [1.807, 2.05) is 11.8 Å². The van der Waals surface area contributed by atoms with Crippen molar-refractivity contribution in [1.82, 2.24) is 15.2 Å². The van der Waals surface area contributed by atoms with E-state index in [9.17, 15) is 0 Å². The van der Waals surface area contributed by atoms with Gasteiger partial charge in [-0.2, -0.15) is 16.9 Å². The van der Waals surface area contributed by atoms with E-state index in [0.29, 0.717) is 6.04 Å². The fraction of sp³-hybridized carbons (Fsp3) is 0.769.